The maximum Gasteiger partial charge on any atom is 0.339 e. The second-order valence-electron chi connectivity index (χ2n) is 8.23. The van der Waals surface area contributed by atoms with Crippen molar-refractivity contribution < 1.29 is 18.7 Å². The summed E-state index contributed by atoms with van der Waals surface area (Å²) in [6, 6.07) is 20.5. The van der Waals surface area contributed by atoms with Gasteiger partial charge in [0.1, 0.15) is 11.2 Å². The molecule has 3 aromatic carbocycles. The van der Waals surface area contributed by atoms with Crippen molar-refractivity contribution >= 4 is 27.9 Å². The van der Waals surface area contributed by atoms with Gasteiger partial charge in [-0.1, -0.05) is 54.6 Å². The smallest absolute Gasteiger partial charge is 0.339 e. The summed E-state index contributed by atoms with van der Waals surface area (Å²) in [7, 11) is 0. The van der Waals surface area contributed by atoms with E-state index in [0.29, 0.717) is 16.7 Å². The minimum atomic E-state index is -0.948. The van der Waals surface area contributed by atoms with E-state index in [1.807, 2.05) is 38.1 Å². The van der Waals surface area contributed by atoms with Crippen molar-refractivity contribution in [1.82, 2.24) is 0 Å². The van der Waals surface area contributed by atoms with Crippen molar-refractivity contribution in [1.29, 1.82) is 0 Å². The van der Waals surface area contributed by atoms with E-state index >= 15 is 0 Å². The molecule has 33 heavy (non-hydrogen) atoms. The van der Waals surface area contributed by atoms with E-state index in [1.54, 1.807) is 6.26 Å². The van der Waals surface area contributed by atoms with E-state index in [2.05, 4.69) is 36.4 Å². The molecule has 0 amide bonds. The molecule has 0 saturated carbocycles. The van der Waals surface area contributed by atoms with Crippen molar-refractivity contribution in [2.24, 2.45) is 0 Å². The van der Waals surface area contributed by atoms with Crippen LogP contribution in [0.25, 0.3) is 44.2 Å². The summed E-state index contributed by atoms with van der Waals surface area (Å²) in [5.41, 5.74) is 6.82. The lowest BCUT2D eigenvalue weighted by atomic mass is 9.96. The number of carboxylic acid groups (broad SMARTS) is 1. The fraction of sp³-hybridized carbons (Fsp3) is 0.143. The molecule has 5 rings (SSSR count). The van der Waals surface area contributed by atoms with Gasteiger partial charge < -0.3 is 13.9 Å². The first-order chi connectivity index (χ1) is 15.9. The Morgan fingerprint density at radius 1 is 0.848 bits per heavy atom. The molecule has 0 saturated heterocycles. The molecule has 0 aliphatic heterocycles. The quantitative estimate of drug-likeness (QED) is 0.317. The number of aliphatic carboxylic acids is 1. The number of hydrogen-bond acceptors (Lipinski definition) is 4. The summed E-state index contributed by atoms with van der Waals surface area (Å²) in [6.07, 6.45) is 1.74. The number of rotatable bonds is 5. The molecule has 0 spiro atoms. The van der Waals surface area contributed by atoms with Crippen LogP contribution in [0.2, 0.25) is 0 Å². The van der Waals surface area contributed by atoms with Gasteiger partial charge in [0, 0.05) is 33.9 Å². The number of fused-ring (bicyclic) bond motifs is 2. The Hall–Kier alpha value is -4.12. The van der Waals surface area contributed by atoms with Crippen LogP contribution in [0.3, 0.4) is 0 Å². The first-order valence-corrected chi connectivity index (χ1v) is 10.8. The standard InChI is InChI=1S/C28H22O5/c1-16-21(12-13-25(29)30)28(31)33-27-17(2)26-23(14-22(16)27)24(15-32-26)20-10-8-19(9-11-20)18-6-4-3-5-7-18/h3-11,14-15H,12-13H2,1-2H3,(H,29,30). The lowest BCUT2D eigenvalue weighted by Gasteiger charge is -2.10. The number of benzene rings is 3. The van der Waals surface area contributed by atoms with Crippen LogP contribution in [0.4, 0.5) is 0 Å². The highest BCUT2D eigenvalue weighted by Crippen LogP contribution is 2.38. The molecule has 5 heteroatoms. The molecular formula is C28H22O5. The van der Waals surface area contributed by atoms with Gasteiger partial charge in [0.05, 0.1) is 6.26 Å². The van der Waals surface area contributed by atoms with Crippen LogP contribution in [-0.4, -0.2) is 11.1 Å². The van der Waals surface area contributed by atoms with Crippen molar-refractivity contribution in [2.75, 3.05) is 0 Å². The Labute approximate surface area is 189 Å². The lowest BCUT2D eigenvalue weighted by molar-refractivity contribution is -0.136. The monoisotopic (exact) mass is 438 g/mol. The molecule has 0 unspecified atom stereocenters. The highest BCUT2D eigenvalue weighted by atomic mass is 16.4. The SMILES string of the molecule is Cc1c(CCC(=O)O)c(=O)oc2c(C)c3occ(-c4ccc(-c5ccccc5)cc4)c3cc12. The fourth-order valence-electron chi connectivity index (χ4n) is 4.41. The summed E-state index contributed by atoms with van der Waals surface area (Å²) in [6.45, 7) is 3.71. The summed E-state index contributed by atoms with van der Waals surface area (Å²) >= 11 is 0. The summed E-state index contributed by atoms with van der Waals surface area (Å²) in [5, 5.41) is 10.8. The fourth-order valence-corrected chi connectivity index (χ4v) is 4.41. The highest BCUT2D eigenvalue weighted by Gasteiger charge is 2.19. The van der Waals surface area contributed by atoms with Crippen LogP contribution in [0.15, 0.2) is 80.6 Å². The van der Waals surface area contributed by atoms with Crippen LogP contribution in [-0.2, 0) is 11.2 Å². The summed E-state index contributed by atoms with van der Waals surface area (Å²) < 4.78 is 11.5. The normalized spacial score (nSPS) is 11.3. The first-order valence-electron chi connectivity index (χ1n) is 10.8. The van der Waals surface area contributed by atoms with E-state index < -0.39 is 11.6 Å². The zero-order chi connectivity index (χ0) is 23.1. The zero-order valence-electron chi connectivity index (χ0n) is 18.3. The van der Waals surface area contributed by atoms with Gasteiger partial charge in [0.2, 0.25) is 0 Å². The van der Waals surface area contributed by atoms with Crippen LogP contribution in [0, 0.1) is 13.8 Å². The van der Waals surface area contributed by atoms with E-state index in [4.69, 9.17) is 13.9 Å². The van der Waals surface area contributed by atoms with E-state index in [1.165, 1.54) is 0 Å². The summed E-state index contributed by atoms with van der Waals surface area (Å²) in [5.74, 6) is -0.948. The molecule has 1 N–H and O–H groups in total. The maximum absolute atomic E-state index is 12.5. The summed E-state index contributed by atoms with van der Waals surface area (Å²) in [4.78, 5) is 23.6. The van der Waals surface area contributed by atoms with Gasteiger partial charge in [-0.3, -0.25) is 4.79 Å². The molecule has 0 bridgehead atoms. The molecule has 0 atom stereocenters. The molecule has 164 valence electrons. The first kappa shape index (κ1) is 20.8. The second kappa shape index (κ2) is 8.10. The number of aryl methyl sites for hydroxylation is 2. The largest absolute Gasteiger partial charge is 0.481 e. The Bertz CT molecular complexity index is 1550. The molecule has 2 aromatic heterocycles. The van der Waals surface area contributed by atoms with Crippen molar-refractivity contribution in [3.05, 3.63) is 94.0 Å². The van der Waals surface area contributed by atoms with Gasteiger partial charge in [-0.2, -0.15) is 0 Å². The van der Waals surface area contributed by atoms with Crippen molar-refractivity contribution in [2.45, 2.75) is 26.7 Å². The number of carbonyl (C=O) groups is 1. The molecule has 2 heterocycles. The molecule has 0 aliphatic rings. The van der Waals surface area contributed by atoms with Crippen LogP contribution in [0.5, 0.6) is 0 Å². The van der Waals surface area contributed by atoms with Gasteiger partial charge >= 0.3 is 11.6 Å². The molecule has 0 aliphatic carbocycles. The van der Waals surface area contributed by atoms with Gasteiger partial charge in [0.25, 0.3) is 0 Å². The second-order valence-corrected chi connectivity index (χ2v) is 8.23. The predicted octanol–water partition coefficient (Wildman–Crippen LogP) is 6.51. The molecule has 5 aromatic rings. The Balaban J connectivity index is 1.65. The van der Waals surface area contributed by atoms with Crippen molar-refractivity contribution in [3.8, 4) is 22.3 Å². The number of hydrogen-bond donors (Lipinski definition) is 1. The van der Waals surface area contributed by atoms with Crippen LogP contribution >= 0.6 is 0 Å². The third-order valence-corrected chi connectivity index (χ3v) is 6.23. The molecular weight excluding hydrogens is 416 g/mol. The van der Waals surface area contributed by atoms with Crippen LogP contribution in [0.1, 0.15) is 23.1 Å². The van der Waals surface area contributed by atoms with Crippen LogP contribution < -0.4 is 5.63 Å². The number of carboxylic acids is 1. The molecule has 0 radical (unpaired) electrons. The van der Waals surface area contributed by atoms with Gasteiger partial charge in [-0.05, 0) is 48.6 Å². The Morgan fingerprint density at radius 2 is 1.52 bits per heavy atom. The molecule has 0 fully saturated rings. The van der Waals surface area contributed by atoms with Gasteiger partial charge in [-0.15, -0.1) is 0 Å². The van der Waals surface area contributed by atoms with E-state index in [0.717, 1.165) is 44.2 Å². The average molecular weight is 438 g/mol. The highest BCUT2D eigenvalue weighted by molar-refractivity contribution is 6.05. The van der Waals surface area contributed by atoms with E-state index in [9.17, 15) is 9.59 Å². The Morgan fingerprint density at radius 3 is 2.21 bits per heavy atom. The Kier molecular flexibility index (Phi) is 5.09. The average Bonchev–Trinajstić information content (AvgIpc) is 3.25. The minimum Gasteiger partial charge on any atom is -0.481 e. The maximum atomic E-state index is 12.5. The van der Waals surface area contributed by atoms with E-state index in [-0.39, 0.29) is 12.8 Å². The lowest BCUT2D eigenvalue weighted by Crippen LogP contribution is -2.12. The third-order valence-electron chi connectivity index (χ3n) is 6.23. The predicted molar refractivity (Wildman–Crippen MR) is 129 cm³/mol. The molecule has 5 nitrogen and oxygen atoms in total. The number of furan rings is 1. The third kappa shape index (κ3) is 3.61. The van der Waals surface area contributed by atoms with Gasteiger partial charge in [-0.25, -0.2) is 4.79 Å². The topological polar surface area (TPSA) is 80.6 Å². The van der Waals surface area contributed by atoms with Crippen molar-refractivity contribution in [3.63, 3.8) is 0 Å². The zero-order valence-corrected chi connectivity index (χ0v) is 18.3. The van der Waals surface area contributed by atoms with Gasteiger partial charge in [0.15, 0.2) is 0 Å². The minimum absolute atomic E-state index is 0.122.